The van der Waals surface area contributed by atoms with Crippen molar-refractivity contribution in [3.63, 3.8) is 0 Å². The van der Waals surface area contributed by atoms with E-state index < -0.39 is 41.6 Å². The van der Waals surface area contributed by atoms with Crippen LogP contribution in [0, 0.1) is 0 Å². The second-order valence-corrected chi connectivity index (χ2v) is 11.1. The molecule has 12 heteroatoms. The number of hydrogen-bond donors (Lipinski definition) is 0. The highest BCUT2D eigenvalue weighted by atomic mass is 19.4. The van der Waals surface area contributed by atoms with Gasteiger partial charge in [0.1, 0.15) is 12.2 Å². The number of carbonyl (C=O) groups is 1. The highest BCUT2D eigenvalue weighted by molar-refractivity contribution is 6.10. The van der Waals surface area contributed by atoms with Crippen molar-refractivity contribution in [2.24, 2.45) is 7.05 Å². The topological polar surface area (TPSA) is 63.5 Å². The number of likely N-dealkylation sites (tertiary alicyclic amines) is 1. The zero-order chi connectivity index (χ0) is 28.4. The Hall–Kier alpha value is -3.38. The van der Waals surface area contributed by atoms with Gasteiger partial charge in [-0.2, -0.15) is 13.2 Å². The monoisotopic (exact) mass is 561 g/mol. The van der Waals surface area contributed by atoms with Gasteiger partial charge in [-0.3, -0.25) is 9.69 Å². The van der Waals surface area contributed by atoms with Crippen molar-refractivity contribution in [3.05, 3.63) is 76.4 Å². The summed E-state index contributed by atoms with van der Waals surface area (Å²) in [5.41, 5.74) is 0.107. The molecule has 1 atom stereocenters. The Labute approximate surface area is 227 Å². The predicted molar refractivity (Wildman–Crippen MR) is 135 cm³/mol. The highest BCUT2D eigenvalue weighted by Gasteiger charge is 2.45. The summed E-state index contributed by atoms with van der Waals surface area (Å²) < 4.78 is 77.8. The normalized spacial score (nSPS) is 21.0. The number of amides is 1. The third kappa shape index (κ3) is 4.56. The fourth-order valence-electron chi connectivity index (χ4n) is 5.93. The number of carbonyl (C=O) groups excluding carboxylic acids is 1. The summed E-state index contributed by atoms with van der Waals surface area (Å²) in [6.45, 7) is 1.77. The maximum atomic E-state index is 14.2. The fraction of sp³-hybridized carbons (Fsp3) is 0.464. The molecule has 2 fully saturated rings. The number of aromatic nitrogens is 3. The van der Waals surface area contributed by atoms with Crippen LogP contribution in [0.3, 0.4) is 0 Å². The van der Waals surface area contributed by atoms with Crippen molar-refractivity contribution in [2.45, 2.75) is 49.9 Å². The number of aryl methyl sites for hydroxylation is 1. The van der Waals surface area contributed by atoms with Gasteiger partial charge in [-0.25, -0.2) is 8.78 Å². The van der Waals surface area contributed by atoms with E-state index in [0.29, 0.717) is 25.3 Å². The van der Waals surface area contributed by atoms with Crippen LogP contribution in [0.15, 0.2) is 42.7 Å². The molecule has 3 aliphatic heterocycles. The van der Waals surface area contributed by atoms with E-state index in [2.05, 4.69) is 10.2 Å². The molecule has 0 radical (unpaired) electrons. The molecule has 40 heavy (non-hydrogen) atoms. The van der Waals surface area contributed by atoms with Crippen molar-refractivity contribution in [2.75, 3.05) is 31.2 Å². The fourth-order valence-corrected chi connectivity index (χ4v) is 5.93. The lowest BCUT2D eigenvalue weighted by molar-refractivity contribution is -0.138. The number of benzene rings is 2. The number of anilines is 1. The molecule has 2 aromatic carbocycles. The minimum absolute atomic E-state index is 0.0474. The SMILES string of the molecule is CC(c1cc2c(c(C(F)(F)F)c1)CN(c1cccc(C3(Cc4nncn4C)COC3)c1)C2=O)N1CCC(F)(F)C1. The number of rotatable bonds is 6. The summed E-state index contributed by atoms with van der Waals surface area (Å²) in [4.78, 5) is 16.4. The smallest absolute Gasteiger partial charge is 0.379 e. The van der Waals surface area contributed by atoms with Gasteiger partial charge >= 0.3 is 6.18 Å². The molecule has 3 aliphatic rings. The lowest BCUT2D eigenvalue weighted by atomic mass is 9.75. The summed E-state index contributed by atoms with van der Waals surface area (Å²) in [5.74, 6) is -2.67. The number of halogens is 5. The molecular weight excluding hydrogens is 533 g/mol. The molecule has 0 spiro atoms. The standard InChI is InChI=1S/C28H28F5N5O2/c1-17(37-7-6-27(29,30)13-37)18-8-21-22(23(9-18)28(31,32)33)12-38(25(21)39)20-5-3-4-19(10-20)26(14-40-15-26)11-24-35-34-16-36(24)2/h3-5,8-10,16-17H,6-7,11-15H2,1-2H3. The Balaban J connectivity index is 1.33. The van der Waals surface area contributed by atoms with E-state index in [1.807, 2.05) is 23.7 Å². The third-order valence-electron chi connectivity index (χ3n) is 8.43. The molecule has 0 saturated carbocycles. The van der Waals surface area contributed by atoms with Crippen LogP contribution in [-0.2, 0) is 36.3 Å². The first kappa shape index (κ1) is 26.8. The molecular formula is C28H28F5N5O2. The maximum absolute atomic E-state index is 14.2. The molecule has 1 amide bonds. The molecule has 3 aromatic rings. The Morgan fingerprint density at radius 3 is 2.52 bits per heavy atom. The van der Waals surface area contributed by atoms with Crippen molar-refractivity contribution in [1.82, 2.24) is 19.7 Å². The van der Waals surface area contributed by atoms with E-state index in [4.69, 9.17) is 4.74 Å². The molecule has 1 aromatic heterocycles. The van der Waals surface area contributed by atoms with E-state index >= 15 is 0 Å². The number of nitrogens with zero attached hydrogens (tertiary/aromatic N) is 5. The second-order valence-electron chi connectivity index (χ2n) is 11.1. The van der Waals surface area contributed by atoms with Gasteiger partial charge in [-0.15, -0.1) is 10.2 Å². The van der Waals surface area contributed by atoms with Crippen LogP contribution in [0.4, 0.5) is 27.6 Å². The number of alkyl halides is 5. The molecule has 4 heterocycles. The van der Waals surface area contributed by atoms with Crippen LogP contribution in [0.25, 0.3) is 0 Å². The summed E-state index contributed by atoms with van der Waals surface area (Å²) in [7, 11) is 1.85. The average Bonchev–Trinajstić information content (AvgIpc) is 3.56. The highest BCUT2D eigenvalue weighted by Crippen LogP contribution is 2.43. The van der Waals surface area contributed by atoms with Gasteiger partial charge in [0.15, 0.2) is 0 Å². The predicted octanol–water partition coefficient (Wildman–Crippen LogP) is 4.91. The first-order valence-corrected chi connectivity index (χ1v) is 13.1. The average molecular weight is 562 g/mol. The first-order valence-electron chi connectivity index (χ1n) is 13.1. The summed E-state index contributed by atoms with van der Waals surface area (Å²) >= 11 is 0. The Morgan fingerprint density at radius 1 is 1.15 bits per heavy atom. The molecule has 0 N–H and O–H groups in total. The Bertz CT molecular complexity index is 1470. The van der Waals surface area contributed by atoms with Crippen LogP contribution >= 0.6 is 0 Å². The quantitative estimate of drug-likeness (QED) is 0.401. The summed E-state index contributed by atoms with van der Waals surface area (Å²) in [5, 5.41) is 8.12. The van der Waals surface area contributed by atoms with Gasteiger partial charge in [0, 0.05) is 49.1 Å². The summed E-state index contributed by atoms with van der Waals surface area (Å²) in [6.07, 6.45) is -2.89. The van der Waals surface area contributed by atoms with E-state index in [0.717, 1.165) is 17.5 Å². The molecule has 7 nitrogen and oxygen atoms in total. The lowest BCUT2D eigenvalue weighted by Crippen LogP contribution is -2.49. The van der Waals surface area contributed by atoms with Crippen LogP contribution in [0.1, 0.15) is 57.8 Å². The zero-order valence-corrected chi connectivity index (χ0v) is 22.0. The van der Waals surface area contributed by atoms with Crippen molar-refractivity contribution < 1.29 is 31.5 Å². The minimum atomic E-state index is -4.71. The van der Waals surface area contributed by atoms with Crippen molar-refractivity contribution >= 4 is 11.6 Å². The minimum Gasteiger partial charge on any atom is -0.379 e. The Morgan fingerprint density at radius 2 is 1.93 bits per heavy atom. The van der Waals surface area contributed by atoms with Gasteiger partial charge in [0.05, 0.1) is 31.9 Å². The molecule has 6 rings (SSSR count). The van der Waals surface area contributed by atoms with E-state index in [9.17, 15) is 26.7 Å². The van der Waals surface area contributed by atoms with Gasteiger partial charge in [0.2, 0.25) is 0 Å². The molecule has 0 aliphatic carbocycles. The van der Waals surface area contributed by atoms with Crippen LogP contribution < -0.4 is 4.90 Å². The van der Waals surface area contributed by atoms with Gasteiger partial charge < -0.3 is 14.2 Å². The van der Waals surface area contributed by atoms with Crippen molar-refractivity contribution in [3.8, 4) is 0 Å². The van der Waals surface area contributed by atoms with Gasteiger partial charge in [-0.05, 0) is 47.9 Å². The number of ether oxygens (including phenoxy) is 1. The van der Waals surface area contributed by atoms with Crippen LogP contribution in [-0.4, -0.2) is 57.8 Å². The van der Waals surface area contributed by atoms with Crippen LogP contribution in [0.2, 0.25) is 0 Å². The van der Waals surface area contributed by atoms with Crippen molar-refractivity contribution in [1.29, 1.82) is 0 Å². The molecule has 212 valence electrons. The molecule has 0 bridgehead atoms. The second kappa shape index (κ2) is 9.34. The first-order chi connectivity index (χ1) is 18.9. The van der Waals surface area contributed by atoms with E-state index in [1.165, 1.54) is 15.9 Å². The summed E-state index contributed by atoms with van der Waals surface area (Å²) in [6, 6.07) is 8.97. The largest absolute Gasteiger partial charge is 0.416 e. The number of fused-ring (bicyclic) bond motifs is 1. The van der Waals surface area contributed by atoms with Gasteiger partial charge in [-0.1, -0.05) is 12.1 Å². The third-order valence-corrected chi connectivity index (χ3v) is 8.43. The maximum Gasteiger partial charge on any atom is 0.416 e. The Kier molecular flexibility index (Phi) is 6.26. The molecule has 1 unspecified atom stereocenters. The number of hydrogen-bond acceptors (Lipinski definition) is 5. The zero-order valence-electron chi connectivity index (χ0n) is 22.0. The van der Waals surface area contributed by atoms with E-state index in [1.54, 1.807) is 25.4 Å². The van der Waals surface area contributed by atoms with E-state index in [-0.39, 0.29) is 36.2 Å². The molecule has 2 saturated heterocycles. The van der Waals surface area contributed by atoms with Crippen LogP contribution in [0.5, 0.6) is 0 Å². The lowest BCUT2D eigenvalue weighted by Gasteiger charge is -2.42. The van der Waals surface area contributed by atoms with Gasteiger partial charge in [0.25, 0.3) is 11.8 Å².